The Morgan fingerprint density at radius 1 is 0.976 bits per heavy atom. The van der Waals surface area contributed by atoms with Crippen molar-refractivity contribution in [1.29, 1.82) is 0 Å². The highest BCUT2D eigenvalue weighted by Crippen LogP contribution is 2.58. The molecule has 1 spiro atoms. The number of benzene rings is 3. The van der Waals surface area contributed by atoms with Gasteiger partial charge in [0.25, 0.3) is 0 Å². The fourth-order valence-corrected chi connectivity index (χ4v) is 7.77. The van der Waals surface area contributed by atoms with Crippen LogP contribution in [0, 0.1) is 5.92 Å². The van der Waals surface area contributed by atoms with E-state index in [9.17, 15) is 9.59 Å². The summed E-state index contributed by atoms with van der Waals surface area (Å²) >= 11 is 7.68. The summed E-state index contributed by atoms with van der Waals surface area (Å²) in [5.74, 6) is -1.28. The van der Waals surface area contributed by atoms with Gasteiger partial charge in [-0.05, 0) is 65.0 Å². The van der Waals surface area contributed by atoms with Crippen LogP contribution in [0.2, 0.25) is 5.02 Å². The first-order chi connectivity index (χ1) is 20.4. The molecule has 210 valence electrons. The summed E-state index contributed by atoms with van der Waals surface area (Å²) in [6, 6.07) is 19.7. The average Bonchev–Trinajstić information content (AvgIpc) is 3.73. The molecule has 3 aromatic carbocycles. The number of halogens is 1. The maximum atomic E-state index is 15.1. The zero-order valence-corrected chi connectivity index (χ0v) is 24.2. The fraction of sp³-hybridized carbons (Fsp3) is 0.182. The predicted molar refractivity (Wildman–Crippen MR) is 163 cm³/mol. The number of hydrogen-bond acceptors (Lipinski definition) is 7. The third-order valence-corrected chi connectivity index (χ3v) is 9.70. The number of Topliss-reactive ketones (excluding diaryl/α,β-unsaturated/α-hetero) is 2. The third kappa shape index (κ3) is 3.61. The Kier molecular flexibility index (Phi) is 6.22. The smallest absolute Gasteiger partial charge is 0.238 e. The standard InChI is InChI=1S/C33H25ClN2O5S/c1-40-20-11-13-25(41-2)21(17-20)30(37)28-29(31(38)26-8-5-15-42-26)36-24-12-10-19(34)16-18(24)9-14-27(36)33(28)22-6-3-4-7-23(22)35-32(33)39/h3-17,27-29H,1-2H3,(H,35,39)/t27-,28-,29+,33-/m0/s1. The number of thiophene rings is 1. The van der Waals surface area contributed by atoms with Gasteiger partial charge in [0, 0.05) is 16.4 Å². The molecule has 9 heteroatoms. The predicted octanol–water partition coefficient (Wildman–Crippen LogP) is 6.27. The Bertz CT molecular complexity index is 1800. The van der Waals surface area contributed by atoms with Crippen molar-refractivity contribution in [2.24, 2.45) is 5.92 Å². The Morgan fingerprint density at radius 3 is 2.57 bits per heavy atom. The summed E-state index contributed by atoms with van der Waals surface area (Å²) in [5.41, 5.74) is 1.64. The highest BCUT2D eigenvalue weighted by atomic mass is 35.5. The Labute approximate surface area is 251 Å². The van der Waals surface area contributed by atoms with Crippen LogP contribution >= 0.6 is 22.9 Å². The molecular formula is C33H25ClN2O5S. The minimum Gasteiger partial charge on any atom is -0.497 e. The monoisotopic (exact) mass is 596 g/mol. The van der Waals surface area contributed by atoms with E-state index in [4.69, 9.17) is 21.1 Å². The van der Waals surface area contributed by atoms with Crippen molar-refractivity contribution >= 4 is 57.9 Å². The third-order valence-electron chi connectivity index (χ3n) is 8.58. The molecule has 0 unspecified atom stereocenters. The van der Waals surface area contributed by atoms with Gasteiger partial charge in [0.2, 0.25) is 5.91 Å². The molecule has 7 nitrogen and oxygen atoms in total. The van der Waals surface area contributed by atoms with Crippen LogP contribution in [0.3, 0.4) is 0 Å². The van der Waals surface area contributed by atoms with Crippen LogP contribution in [0.15, 0.2) is 84.3 Å². The van der Waals surface area contributed by atoms with Crippen molar-refractivity contribution in [2.45, 2.75) is 17.5 Å². The van der Waals surface area contributed by atoms with Crippen molar-refractivity contribution in [3.63, 3.8) is 0 Å². The highest BCUT2D eigenvalue weighted by molar-refractivity contribution is 7.12. The van der Waals surface area contributed by atoms with Crippen LogP contribution in [-0.4, -0.2) is 43.8 Å². The zero-order valence-electron chi connectivity index (χ0n) is 22.7. The average molecular weight is 597 g/mol. The molecule has 42 heavy (non-hydrogen) atoms. The topological polar surface area (TPSA) is 84.9 Å². The molecule has 1 aromatic heterocycles. The minimum absolute atomic E-state index is 0.236. The first-order valence-corrected chi connectivity index (χ1v) is 14.7. The van der Waals surface area contributed by atoms with Crippen LogP contribution in [0.1, 0.15) is 31.2 Å². The molecule has 3 aliphatic rings. The van der Waals surface area contributed by atoms with Crippen LogP contribution in [0.5, 0.6) is 11.5 Å². The van der Waals surface area contributed by atoms with E-state index in [1.165, 1.54) is 25.6 Å². The molecule has 0 bridgehead atoms. The van der Waals surface area contributed by atoms with Gasteiger partial charge in [0.05, 0.1) is 36.6 Å². The normalized spacial score (nSPS) is 23.3. The second kappa shape index (κ2) is 9.86. The Hall–Kier alpha value is -4.40. The number of methoxy groups -OCH3 is 2. The van der Waals surface area contributed by atoms with Gasteiger partial charge in [0.15, 0.2) is 11.6 Å². The van der Waals surface area contributed by atoms with Gasteiger partial charge in [-0.2, -0.15) is 0 Å². The molecule has 1 amide bonds. The second-order valence-electron chi connectivity index (χ2n) is 10.5. The SMILES string of the molecule is COc1ccc(OC)c(C(=O)[C@@H]2[C@H](C(=O)c3cccs3)N3c4ccc(Cl)cc4C=C[C@H]3[C@]23C(=O)Nc2ccccc23)c1. The first-order valence-electron chi connectivity index (χ1n) is 13.4. The molecule has 4 aromatic rings. The number of carbonyl (C=O) groups excluding carboxylic acids is 3. The molecular weight excluding hydrogens is 572 g/mol. The lowest BCUT2D eigenvalue weighted by molar-refractivity contribution is -0.121. The molecule has 4 heterocycles. The molecule has 1 saturated heterocycles. The van der Waals surface area contributed by atoms with Crippen LogP contribution < -0.4 is 19.7 Å². The van der Waals surface area contributed by atoms with E-state index in [0.717, 1.165) is 11.3 Å². The van der Waals surface area contributed by atoms with Crippen molar-refractivity contribution in [3.8, 4) is 11.5 Å². The largest absolute Gasteiger partial charge is 0.497 e. The molecule has 0 aliphatic carbocycles. The maximum Gasteiger partial charge on any atom is 0.238 e. The number of para-hydroxylation sites is 1. The summed E-state index contributed by atoms with van der Waals surface area (Å²) in [7, 11) is 3.00. The number of ether oxygens (including phenoxy) is 2. The van der Waals surface area contributed by atoms with Crippen LogP contribution in [0.4, 0.5) is 11.4 Å². The minimum atomic E-state index is -1.42. The lowest BCUT2D eigenvalue weighted by atomic mass is 9.64. The number of carbonyl (C=O) groups is 3. The number of rotatable bonds is 6. The van der Waals surface area contributed by atoms with Crippen molar-refractivity contribution < 1.29 is 23.9 Å². The molecule has 7 rings (SSSR count). The quantitative estimate of drug-likeness (QED) is 0.264. The van der Waals surface area contributed by atoms with Gasteiger partial charge in [-0.1, -0.05) is 48.0 Å². The summed E-state index contributed by atoms with van der Waals surface area (Å²) in [5, 5.41) is 5.42. The van der Waals surface area contributed by atoms with E-state index >= 15 is 4.79 Å². The van der Waals surface area contributed by atoms with E-state index in [-0.39, 0.29) is 23.0 Å². The lowest BCUT2D eigenvalue weighted by Crippen LogP contribution is -2.51. The highest BCUT2D eigenvalue weighted by Gasteiger charge is 2.70. The summed E-state index contributed by atoms with van der Waals surface area (Å²) in [4.78, 5) is 46.6. The number of amides is 1. The van der Waals surface area contributed by atoms with Gasteiger partial charge < -0.3 is 19.7 Å². The molecule has 1 fully saturated rings. The van der Waals surface area contributed by atoms with Crippen LogP contribution in [0.25, 0.3) is 6.08 Å². The van der Waals surface area contributed by atoms with Gasteiger partial charge in [-0.3, -0.25) is 14.4 Å². The Morgan fingerprint density at radius 2 is 1.81 bits per heavy atom. The second-order valence-corrected chi connectivity index (χ2v) is 11.9. The van der Waals surface area contributed by atoms with Gasteiger partial charge in [-0.25, -0.2) is 0 Å². The lowest BCUT2D eigenvalue weighted by Gasteiger charge is -2.37. The number of nitrogens with one attached hydrogen (secondary N) is 1. The van der Waals surface area contributed by atoms with Crippen molar-refractivity contribution in [1.82, 2.24) is 0 Å². The fourth-order valence-electron chi connectivity index (χ4n) is 6.89. The zero-order chi connectivity index (χ0) is 29.2. The van der Waals surface area contributed by atoms with E-state index < -0.39 is 23.4 Å². The summed E-state index contributed by atoms with van der Waals surface area (Å²) < 4.78 is 11.1. The van der Waals surface area contributed by atoms with Gasteiger partial charge >= 0.3 is 0 Å². The van der Waals surface area contributed by atoms with E-state index in [2.05, 4.69) is 5.32 Å². The summed E-state index contributed by atoms with van der Waals surface area (Å²) in [6.45, 7) is 0. The molecule has 1 N–H and O–H groups in total. The summed E-state index contributed by atoms with van der Waals surface area (Å²) in [6.07, 6.45) is 3.84. The molecule has 0 saturated carbocycles. The van der Waals surface area contributed by atoms with E-state index in [1.807, 2.05) is 64.9 Å². The molecule has 0 radical (unpaired) electrons. The maximum absolute atomic E-state index is 15.1. The number of hydrogen-bond donors (Lipinski definition) is 1. The van der Waals surface area contributed by atoms with E-state index in [0.29, 0.717) is 32.6 Å². The number of nitrogens with zero attached hydrogens (tertiary/aromatic N) is 1. The van der Waals surface area contributed by atoms with Crippen molar-refractivity contribution in [3.05, 3.63) is 111 Å². The van der Waals surface area contributed by atoms with Gasteiger partial charge in [0.1, 0.15) is 23.0 Å². The number of anilines is 2. The number of ketones is 2. The first kappa shape index (κ1) is 26.5. The van der Waals surface area contributed by atoms with Gasteiger partial charge in [-0.15, -0.1) is 11.3 Å². The van der Waals surface area contributed by atoms with E-state index in [1.54, 1.807) is 30.3 Å². The van der Waals surface area contributed by atoms with Crippen molar-refractivity contribution in [2.75, 3.05) is 24.4 Å². The number of fused-ring (bicyclic) bond motifs is 6. The molecule has 3 aliphatic heterocycles. The van der Waals surface area contributed by atoms with Crippen LogP contribution in [-0.2, 0) is 10.2 Å². The molecule has 4 atom stereocenters. The Balaban J connectivity index is 1.55.